The molecule has 0 radical (unpaired) electrons. The number of halogens is 1. The fraction of sp³-hybridized carbons (Fsp3) is 0.538. The van der Waals surface area contributed by atoms with Crippen LogP contribution in [0.25, 0.3) is 0 Å². The molecule has 0 bridgehead atoms. The predicted octanol–water partition coefficient (Wildman–Crippen LogP) is 1.15. The largest absolute Gasteiger partial charge is 0.380 e. The summed E-state index contributed by atoms with van der Waals surface area (Å²) in [4.78, 5) is 14.3. The fourth-order valence-electron chi connectivity index (χ4n) is 2.14. The van der Waals surface area contributed by atoms with Crippen LogP contribution in [0.5, 0.6) is 0 Å². The van der Waals surface area contributed by atoms with Crippen molar-refractivity contribution < 1.29 is 0 Å². The van der Waals surface area contributed by atoms with Gasteiger partial charge >= 0.3 is 0 Å². The van der Waals surface area contributed by atoms with E-state index in [0.29, 0.717) is 10.5 Å². The Hall–Kier alpha value is -1.32. The molecule has 1 aliphatic rings. The first kappa shape index (κ1) is 14.1. The number of piperidine rings is 1. The maximum atomic E-state index is 12.0. The van der Waals surface area contributed by atoms with Gasteiger partial charge in [-0.2, -0.15) is 5.10 Å². The second-order valence-electron chi connectivity index (χ2n) is 4.76. The van der Waals surface area contributed by atoms with E-state index in [9.17, 15) is 4.79 Å². The van der Waals surface area contributed by atoms with Crippen LogP contribution in [0.4, 0.5) is 5.69 Å². The Labute approximate surface area is 121 Å². The number of hydrogen-bond donors (Lipinski definition) is 1. The lowest BCUT2D eigenvalue weighted by atomic mass is 10.1. The molecule has 1 N–H and O–H groups in total. The molecule has 0 saturated carbocycles. The van der Waals surface area contributed by atoms with E-state index < -0.39 is 0 Å². The van der Waals surface area contributed by atoms with Crippen LogP contribution in [0.15, 0.2) is 15.5 Å². The summed E-state index contributed by atoms with van der Waals surface area (Å²) in [7, 11) is 2.12. The van der Waals surface area contributed by atoms with Gasteiger partial charge in [-0.15, -0.1) is 6.42 Å². The van der Waals surface area contributed by atoms with Crippen LogP contribution < -0.4 is 10.9 Å². The van der Waals surface area contributed by atoms with Crippen molar-refractivity contribution in [2.24, 2.45) is 0 Å². The number of rotatable bonds is 3. The van der Waals surface area contributed by atoms with Gasteiger partial charge in [-0.3, -0.25) is 4.79 Å². The van der Waals surface area contributed by atoms with Crippen molar-refractivity contribution in [1.82, 2.24) is 14.7 Å². The summed E-state index contributed by atoms with van der Waals surface area (Å²) in [6.45, 7) is 2.32. The van der Waals surface area contributed by atoms with Crippen LogP contribution >= 0.6 is 15.9 Å². The Morgan fingerprint density at radius 1 is 1.58 bits per heavy atom. The van der Waals surface area contributed by atoms with Crippen molar-refractivity contribution in [2.75, 3.05) is 25.5 Å². The summed E-state index contributed by atoms with van der Waals surface area (Å²) in [5.41, 5.74) is 0.545. The molecule has 19 heavy (non-hydrogen) atoms. The third-order valence-corrected chi connectivity index (χ3v) is 4.07. The van der Waals surface area contributed by atoms with Gasteiger partial charge < -0.3 is 10.2 Å². The molecule has 0 atom stereocenters. The van der Waals surface area contributed by atoms with E-state index in [1.807, 2.05) is 0 Å². The van der Waals surface area contributed by atoms with Gasteiger partial charge in [-0.25, -0.2) is 4.68 Å². The molecule has 0 aromatic carbocycles. The monoisotopic (exact) mass is 324 g/mol. The lowest BCUT2D eigenvalue weighted by Crippen LogP contribution is -2.37. The molecule has 0 amide bonds. The molecule has 0 spiro atoms. The standard InChI is InChI=1S/C13H17BrN4O/c1-3-6-18-13(19)12(14)11(9-15-18)16-10-4-7-17(2)8-5-10/h1,9-10,16H,4-8H2,2H3. The van der Waals surface area contributed by atoms with E-state index in [0.717, 1.165) is 31.6 Å². The quantitative estimate of drug-likeness (QED) is 0.847. The highest BCUT2D eigenvalue weighted by Gasteiger charge is 2.18. The molecule has 5 nitrogen and oxygen atoms in total. The van der Waals surface area contributed by atoms with Gasteiger partial charge in [0, 0.05) is 6.04 Å². The van der Waals surface area contributed by atoms with Gasteiger partial charge in [0.2, 0.25) is 0 Å². The third-order valence-electron chi connectivity index (χ3n) is 3.30. The van der Waals surface area contributed by atoms with Crippen LogP contribution in [0.2, 0.25) is 0 Å². The molecule has 2 rings (SSSR count). The third kappa shape index (κ3) is 3.37. The van der Waals surface area contributed by atoms with Gasteiger partial charge in [0.15, 0.2) is 0 Å². The molecule has 102 valence electrons. The normalized spacial score (nSPS) is 17.1. The molecule has 2 heterocycles. The van der Waals surface area contributed by atoms with Crippen molar-refractivity contribution >= 4 is 21.6 Å². The number of nitrogens with one attached hydrogen (secondary N) is 1. The van der Waals surface area contributed by atoms with E-state index in [-0.39, 0.29) is 12.1 Å². The summed E-state index contributed by atoms with van der Waals surface area (Å²) in [5, 5.41) is 7.45. The lowest BCUT2D eigenvalue weighted by Gasteiger charge is -2.30. The molecular weight excluding hydrogens is 308 g/mol. The average Bonchev–Trinajstić information content (AvgIpc) is 2.41. The van der Waals surface area contributed by atoms with Crippen molar-refractivity contribution in [3.63, 3.8) is 0 Å². The lowest BCUT2D eigenvalue weighted by molar-refractivity contribution is 0.264. The number of hydrogen-bond acceptors (Lipinski definition) is 4. The number of nitrogens with zero attached hydrogens (tertiary/aromatic N) is 3. The Bertz CT molecular complexity index is 541. The topological polar surface area (TPSA) is 50.2 Å². The van der Waals surface area contributed by atoms with Crippen molar-refractivity contribution in [3.05, 3.63) is 21.0 Å². The summed E-state index contributed by atoms with van der Waals surface area (Å²) in [6, 6.07) is 0.386. The number of aromatic nitrogens is 2. The van der Waals surface area contributed by atoms with Gasteiger partial charge in [0.25, 0.3) is 5.56 Å². The van der Waals surface area contributed by atoms with E-state index in [1.165, 1.54) is 4.68 Å². The van der Waals surface area contributed by atoms with Gasteiger partial charge in [0.1, 0.15) is 11.0 Å². The summed E-state index contributed by atoms with van der Waals surface area (Å²) in [5.74, 6) is 2.41. The minimum atomic E-state index is -0.198. The minimum absolute atomic E-state index is 0.186. The first-order valence-electron chi connectivity index (χ1n) is 6.26. The van der Waals surface area contributed by atoms with E-state index >= 15 is 0 Å². The van der Waals surface area contributed by atoms with Crippen LogP contribution in [0.3, 0.4) is 0 Å². The highest BCUT2D eigenvalue weighted by atomic mass is 79.9. The first-order valence-corrected chi connectivity index (χ1v) is 7.05. The van der Waals surface area contributed by atoms with Crippen molar-refractivity contribution in [1.29, 1.82) is 0 Å². The molecule has 1 aromatic rings. The summed E-state index contributed by atoms with van der Waals surface area (Å²) >= 11 is 3.32. The SMILES string of the molecule is C#CCn1ncc(NC2CCN(C)CC2)c(Br)c1=O. The summed E-state index contributed by atoms with van der Waals surface area (Å²) < 4.78 is 1.76. The maximum Gasteiger partial charge on any atom is 0.284 e. The van der Waals surface area contributed by atoms with Crippen LogP contribution in [-0.2, 0) is 6.54 Å². The minimum Gasteiger partial charge on any atom is -0.380 e. The molecular formula is C13H17BrN4O. The van der Waals surface area contributed by atoms with E-state index in [2.05, 4.69) is 44.2 Å². The zero-order chi connectivity index (χ0) is 13.8. The predicted molar refractivity (Wildman–Crippen MR) is 79.2 cm³/mol. The van der Waals surface area contributed by atoms with E-state index in [4.69, 9.17) is 6.42 Å². The molecule has 1 saturated heterocycles. The Morgan fingerprint density at radius 3 is 2.89 bits per heavy atom. The van der Waals surface area contributed by atoms with Crippen LogP contribution in [0, 0.1) is 12.3 Å². The smallest absolute Gasteiger partial charge is 0.284 e. The number of terminal acetylenes is 1. The van der Waals surface area contributed by atoms with E-state index in [1.54, 1.807) is 6.20 Å². The fourth-order valence-corrected chi connectivity index (χ4v) is 2.56. The first-order chi connectivity index (χ1) is 9.11. The van der Waals surface area contributed by atoms with Crippen molar-refractivity contribution in [3.8, 4) is 12.3 Å². The molecule has 6 heteroatoms. The highest BCUT2D eigenvalue weighted by Crippen LogP contribution is 2.20. The molecule has 1 fully saturated rings. The van der Waals surface area contributed by atoms with Crippen LogP contribution in [0.1, 0.15) is 12.8 Å². The Balaban J connectivity index is 2.11. The zero-order valence-electron chi connectivity index (χ0n) is 10.9. The molecule has 1 aromatic heterocycles. The average molecular weight is 325 g/mol. The molecule has 1 aliphatic heterocycles. The van der Waals surface area contributed by atoms with Crippen LogP contribution in [-0.4, -0.2) is 40.9 Å². The van der Waals surface area contributed by atoms with Crippen molar-refractivity contribution in [2.45, 2.75) is 25.4 Å². The van der Waals surface area contributed by atoms with Gasteiger partial charge in [-0.05, 0) is 48.9 Å². The second kappa shape index (κ2) is 6.22. The highest BCUT2D eigenvalue weighted by molar-refractivity contribution is 9.10. The Morgan fingerprint density at radius 2 is 2.26 bits per heavy atom. The zero-order valence-corrected chi connectivity index (χ0v) is 12.5. The molecule has 0 aliphatic carbocycles. The maximum absolute atomic E-state index is 12.0. The molecule has 0 unspecified atom stereocenters. The summed E-state index contributed by atoms with van der Waals surface area (Å²) in [6.07, 6.45) is 8.98. The second-order valence-corrected chi connectivity index (χ2v) is 5.55. The van der Waals surface area contributed by atoms with Gasteiger partial charge in [-0.1, -0.05) is 5.92 Å². The number of likely N-dealkylation sites (tertiary alicyclic amines) is 1. The number of anilines is 1. The van der Waals surface area contributed by atoms with Gasteiger partial charge in [0.05, 0.1) is 11.9 Å². The Kier molecular flexibility index (Phi) is 4.61.